The fourth-order valence-corrected chi connectivity index (χ4v) is 4.21. The lowest BCUT2D eigenvalue weighted by Crippen LogP contribution is -2.30. The minimum absolute atomic E-state index is 0.109. The first kappa shape index (κ1) is 14.0. The van der Waals surface area contributed by atoms with Crippen LogP contribution in [0.1, 0.15) is 17.9 Å². The molecule has 110 valence electrons. The van der Waals surface area contributed by atoms with Gasteiger partial charge in [0.2, 0.25) is 0 Å². The number of rotatable bonds is 4. The third kappa shape index (κ3) is 2.41. The van der Waals surface area contributed by atoms with Crippen molar-refractivity contribution in [3.63, 3.8) is 0 Å². The average Bonchev–Trinajstić information content (AvgIpc) is 2.88. The molecule has 2 N–H and O–H groups in total. The predicted octanol–water partition coefficient (Wildman–Crippen LogP) is 1.72. The molecule has 0 bridgehead atoms. The minimum Gasteiger partial charge on any atom is -0.330 e. The van der Waals surface area contributed by atoms with Crippen LogP contribution in [-0.4, -0.2) is 26.5 Å². The molecule has 0 fully saturated rings. The Bertz CT molecular complexity index is 732. The third-order valence-corrected chi connectivity index (χ3v) is 5.50. The quantitative estimate of drug-likeness (QED) is 0.933. The van der Waals surface area contributed by atoms with Crippen molar-refractivity contribution >= 4 is 15.8 Å². The molecule has 1 atom stereocenters. The van der Waals surface area contributed by atoms with E-state index >= 15 is 0 Å². The Kier molecular flexibility index (Phi) is 3.65. The van der Waals surface area contributed by atoms with E-state index in [1.165, 1.54) is 4.31 Å². The molecule has 2 aromatic rings. The fraction of sp³-hybridized carbons (Fsp3) is 0.267. The number of benzene rings is 1. The maximum absolute atomic E-state index is 12.8. The van der Waals surface area contributed by atoms with Gasteiger partial charge in [-0.15, -0.1) is 0 Å². The van der Waals surface area contributed by atoms with Gasteiger partial charge < -0.3 is 5.73 Å². The highest BCUT2D eigenvalue weighted by molar-refractivity contribution is 7.92. The van der Waals surface area contributed by atoms with Gasteiger partial charge in [0, 0.05) is 24.2 Å². The Balaban J connectivity index is 2.05. The Morgan fingerprint density at radius 3 is 2.67 bits per heavy atom. The summed E-state index contributed by atoms with van der Waals surface area (Å²) in [5, 5.41) is 0. The zero-order valence-corrected chi connectivity index (χ0v) is 12.3. The van der Waals surface area contributed by atoms with Gasteiger partial charge in [-0.2, -0.15) is 0 Å². The lowest BCUT2D eigenvalue weighted by molar-refractivity contribution is 0.586. The standard InChI is InChI=1S/C15H17N3O2S/c16-9-8-12-11-18(15-14(12)7-4-10-17-15)21(19,20)13-5-2-1-3-6-13/h1-7,10,12H,8-9,11,16H2. The van der Waals surface area contributed by atoms with E-state index in [9.17, 15) is 8.42 Å². The third-order valence-electron chi connectivity index (χ3n) is 3.73. The number of nitrogens with zero attached hydrogens (tertiary/aromatic N) is 2. The van der Waals surface area contributed by atoms with Crippen molar-refractivity contribution in [2.24, 2.45) is 5.73 Å². The predicted molar refractivity (Wildman–Crippen MR) is 81.6 cm³/mol. The maximum Gasteiger partial charge on any atom is 0.265 e. The van der Waals surface area contributed by atoms with Crippen molar-refractivity contribution in [1.29, 1.82) is 0 Å². The highest BCUT2D eigenvalue weighted by Gasteiger charge is 2.37. The molecule has 0 radical (unpaired) electrons. The van der Waals surface area contributed by atoms with E-state index in [1.54, 1.807) is 36.5 Å². The summed E-state index contributed by atoms with van der Waals surface area (Å²) in [6.45, 7) is 0.930. The summed E-state index contributed by atoms with van der Waals surface area (Å²) in [7, 11) is -3.57. The number of anilines is 1. The van der Waals surface area contributed by atoms with Crippen molar-refractivity contribution < 1.29 is 8.42 Å². The van der Waals surface area contributed by atoms with Gasteiger partial charge in [-0.1, -0.05) is 24.3 Å². The molecule has 0 amide bonds. The summed E-state index contributed by atoms with van der Waals surface area (Å²) in [5.74, 6) is 0.636. The van der Waals surface area contributed by atoms with Crippen LogP contribution in [0, 0.1) is 0 Å². The number of hydrogen-bond donors (Lipinski definition) is 1. The average molecular weight is 303 g/mol. The molecule has 21 heavy (non-hydrogen) atoms. The number of hydrogen-bond acceptors (Lipinski definition) is 4. The van der Waals surface area contributed by atoms with Crippen LogP contribution in [-0.2, 0) is 10.0 Å². The van der Waals surface area contributed by atoms with Crippen molar-refractivity contribution in [2.45, 2.75) is 17.2 Å². The van der Waals surface area contributed by atoms with Gasteiger partial charge in [0.25, 0.3) is 10.0 Å². The van der Waals surface area contributed by atoms with Gasteiger partial charge in [-0.3, -0.25) is 0 Å². The first-order valence-electron chi connectivity index (χ1n) is 6.87. The van der Waals surface area contributed by atoms with Crippen molar-refractivity contribution in [3.05, 3.63) is 54.2 Å². The summed E-state index contributed by atoms with van der Waals surface area (Å²) >= 11 is 0. The van der Waals surface area contributed by atoms with E-state index in [4.69, 9.17) is 5.73 Å². The van der Waals surface area contributed by atoms with Gasteiger partial charge in [0.05, 0.1) is 4.90 Å². The second-order valence-electron chi connectivity index (χ2n) is 5.04. The van der Waals surface area contributed by atoms with Crippen LogP contribution in [0.3, 0.4) is 0 Å². The summed E-state index contributed by atoms with van der Waals surface area (Å²) in [4.78, 5) is 4.56. The molecule has 2 heterocycles. The minimum atomic E-state index is -3.57. The Morgan fingerprint density at radius 2 is 1.95 bits per heavy atom. The molecular formula is C15H17N3O2S. The molecule has 0 saturated heterocycles. The highest BCUT2D eigenvalue weighted by atomic mass is 32.2. The largest absolute Gasteiger partial charge is 0.330 e. The Hall–Kier alpha value is -1.92. The monoisotopic (exact) mass is 303 g/mol. The zero-order chi connectivity index (χ0) is 14.9. The van der Waals surface area contributed by atoms with E-state index < -0.39 is 10.0 Å². The molecule has 0 aliphatic carbocycles. The van der Waals surface area contributed by atoms with Gasteiger partial charge in [-0.25, -0.2) is 17.7 Å². The first-order chi connectivity index (χ1) is 10.1. The molecule has 0 spiro atoms. The lowest BCUT2D eigenvalue weighted by Gasteiger charge is -2.19. The van der Waals surface area contributed by atoms with E-state index in [-0.39, 0.29) is 10.8 Å². The molecule has 1 unspecified atom stereocenters. The summed E-state index contributed by atoms with van der Waals surface area (Å²) in [5.41, 5.74) is 6.60. The van der Waals surface area contributed by atoms with Gasteiger partial charge >= 0.3 is 0 Å². The normalized spacial score (nSPS) is 17.8. The van der Waals surface area contributed by atoms with Crippen LogP contribution in [0.5, 0.6) is 0 Å². The summed E-state index contributed by atoms with van der Waals surface area (Å²) in [6.07, 6.45) is 2.37. The molecule has 3 rings (SSSR count). The van der Waals surface area contributed by atoms with E-state index in [0.717, 1.165) is 12.0 Å². The smallest absolute Gasteiger partial charge is 0.265 e. The molecular weight excluding hydrogens is 286 g/mol. The van der Waals surface area contributed by atoms with Gasteiger partial charge in [0.1, 0.15) is 5.82 Å². The fourth-order valence-electron chi connectivity index (χ4n) is 2.70. The maximum atomic E-state index is 12.8. The zero-order valence-electron chi connectivity index (χ0n) is 11.5. The number of fused-ring (bicyclic) bond motifs is 1. The first-order valence-corrected chi connectivity index (χ1v) is 8.31. The van der Waals surface area contributed by atoms with Gasteiger partial charge in [0.15, 0.2) is 0 Å². The van der Waals surface area contributed by atoms with E-state index in [2.05, 4.69) is 4.98 Å². The number of sulfonamides is 1. The van der Waals surface area contributed by atoms with Crippen LogP contribution in [0.2, 0.25) is 0 Å². The molecule has 1 aliphatic heterocycles. The van der Waals surface area contributed by atoms with Crippen LogP contribution >= 0.6 is 0 Å². The second kappa shape index (κ2) is 5.46. The lowest BCUT2D eigenvalue weighted by atomic mass is 10.00. The summed E-state index contributed by atoms with van der Waals surface area (Å²) < 4.78 is 27.0. The van der Waals surface area contributed by atoms with Crippen molar-refractivity contribution in [2.75, 3.05) is 17.4 Å². The molecule has 1 aliphatic rings. The van der Waals surface area contributed by atoms with Gasteiger partial charge in [-0.05, 0) is 31.2 Å². The molecule has 6 heteroatoms. The number of nitrogens with two attached hydrogens (primary N) is 1. The van der Waals surface area contributed by atoms with Crippen LogP contribution < -0.4 is 10.0 Å². The summed E-state index contributed by atoms with van der Waals surface area (Å²) in [6, 6.07) is 12.2. The second-order valence-corrected chi connectivity index (χ2v) is 6.90. The number of pyridine rings is 1. The molecule has 0 saturated carbocycles. The van der Waals surface area contributed by atoms with E-state index in [0.29, 0.717) is 18.9 Å². The van der Waals surface area contributed by atoms with Crippen LogP contribution in [0.25, 0.3) is 0 Å². The van der Waals surface area contributed by atoms with Crippen molar-refractivity contribution in [1.82, 2.24) is 4.98 Å². The molecule has 5 nitrogen and oxygen atoms in total. The topological polar surface area (TPSA) is 76.3 Å². The highest BCUT2D eigenvalue weighted by Crippen LogP contribution is 2.39. The SMILES string of the molecule is NCCC1CN(S(=O)(=O)c2ccccc2)c2ncccc21. The van der Waals surface area contributed by atoms with Crippen LogP contribution in [0.4, 0.5) is 5.82 Å². The van der Waals surface area contributed by atoms with Crippen molar-refractivity contribution in [3.8, 4) is 0 Å². The molecule has 1 aromatic heterocycles. The number of aromatic nitrogens is 1. The molecule has 1 aromatic carbocycles. The van der Waals surface area contributed by atoms with Crippen LogP contribution in [0.15, 0.2) is 53.6 Å². The van der Waals surface area contributed by atoms with E-state index in [1.807, 2.05) is 12.1 Å². The Labute approximate surface area is 124 Å². The Morgan fingerprint density at radius 1 is 1.19 bits per heavy atom.